The maximum absolute atomic E-state index is 8.67. The van der Waals surface area contributed by atoms with Crippen LogP contribution in [0.25, 0.3) is 0 Å². The first-order valence-corrected chi connectivity index (χ1v) is 9.13. The second kappa shape index (κ2) is 17.7. The smallest absolute Gasteiger partial charge is 0.102 e. The zero-order chi connectivity index (χ0) is 15.8. The zero-order valence-electron chi connectivity index (χ0n) is 15.3. The van der Waals surface area contributed by atoms with Gasteiger partial charge < -0.3 is 31.3 Å². The third kappa shape index (κ3) is 18.4. The Bertz CT molecular complexity index is 213. The molecule has 0 bridgehead atoms. The van der Waals surface area contributed by atoms with E-state index in [0.717, 1.165) is 17.6 Å². The number of aliphatic hydroxyl groups is 1. The van der Waals surface area contributed by atoms with Crippen LogP contribution in [0.15, 0.2) is 0 Å². The number of halogens is 1. The van der Waals surface area contributed by atoms with Gasteiger partial charge in [-0.1, -0.05) is 58.3 Å². The standard InChI is InChI=1S/C18H40NO2.BrH/c1-4-5-6-7-8-9-10-11-12-13-14-19(2,3)15-17-21-18-16-20;/h20H,4-18H2,1-3H3;1H/q+1;/p-1. The van der Waals surface area contributed by atoms with Crippen LogP contribution in [0.5, 0.6) is 0 Å². The number of quaternary nitrogens is 1. The molecule has 0 aromatic rings. The molecular formula is C18H40BrNO2. The van der Waals surface area contributed by atoms with Gasteiger partial charge in [-0.3, -0.25) is 0 Å². The van der Waals surface area contributed by atoms with Crippen LogP contribution in [0.2, 0.25) is 0 Å². The van der Waals surface area contributed by atoms with Crippen LogP contribution in [-0.2, 0) is 4.74 Å². The van der Waals surface area contributed by atoms with Gasteiger partial charge in [0.1, 0.15) is 6.54 Å². The summed E-state index contributed by atoms with van der Waals surface area (Å²) in [4.78, 5) is 0. The van der Waals surface area contributed by atoms with Crippen LogP contribution in [0.1, 0.15) is 71.1 Å². The summed E-state index contributed by atoms with van der Waals surface area (Å²) >= 11 is 0. The Morgan fingerprint density at radius 1 is 0.727 bits per heavy atom. The Morgan fingerprint density at radius 2 is 1.23 bits per heavy atom. The van der Waals surface area contributed by atoms with E-state index in [4.69, 9.17) is 9.84 Å². The Morgan fingerprint density at radius 3 is 1.73 bits per heavy atom. The van der Waals surface area contributed by atoms with Gasteiger partial charge in [0.2, 0.25) is 0 Å². The molecule has 0 saturated carbocycles. The average molecular weight is 382 g/mol. The van der Waals surface area contributed by atoms with Gasteiger partial charge in [-0.05, 0) is 12.8 Å². The Kier molecular flexibility index (Phi) is 19.8. The van der Waals surface area contributed by atoms with Gasteiger partial charge in [0.15, 0.2) is 0 Å². The van der Waals surface area contributed by atoms with Crippen molar-refractivity contribution in [1.82, 2.24) is 0 Å². The van der Waals surface area contributed by atoms with Crippen molar-refractivity contribution in [3.05, 3.63) is 0 Å². The van der Waals surface area contributed by atoms with Gasteiger partial charge in [-0.2, -0.15) is 0 Å². The summed E-state index contributed by atoms with van der Waals surface area (Å²) in [6, 6.07) is 0. The molecule has 0 fully saturated rings. The highest BCUT2D eigenvalue weighted by Crippen LogP contribution is 2.11. The molecule has 0 radical (unpaired) electrons. The molecule has 0 aromatic carbocycles. The van der Waals surface area contributed by atoms with Crippen molar-refractivity contribution in [2.75, 3.05) is 47.0 Å². The summed E-state index contributed by atoms with van der Waals surface area (Å²) < 4.78 is 6.38. The average Bonchev–Trinajstić information content (AvgIpc) is 2.45. The van der Waals surface area contributed by atoms with Crippen molar-refractivity contribution < 1.29 is 31.3 Å². The van der Waals surface area contributed by atoms with E-state index >= 15 is 0 Å². The number of rotatable bonds is 16. The molecule has 0 unspecified atom stereocenters. The van der Waals surface area contributed by atoms with Crippen molar-refractivity contribution in [2.24, 2.45) is 0 Å². The molecule has 0 rings (SSSR count). The van der Waals surface area contributed by atoms with Gasteiger partial charge in [-0.25, -0.2) is 0 Å². The van der Waals surface area contributed by atoms with Crippen molar-refractivity contribution in [1.29, 1.82) is 0 Å². The van der Waals surface area contributed by atoms with Gasteiger partial charge in [0.25, 0.3) is 0 Å². The molecule has 0 heterocycles. The first-order chi connectivity index (χ1) is 10.1. The number of hydrogen-bond donors (Lipinski definition) is 1. The fourth-order valence-electron chi connectivity index (χ4n) is 2.62. The van der Waals surface area contributed by atoms with Crippen molar-refractivity contribution >= 4 is 0 Å². The monoisotopic (exact) mass is 381 g/mol. The number of likely N-dealkylation sites (N-methyl/N-ethyl adjacent to an activating group) is 1. The maximum Gasteiger partial charge on any atom is 0.102 e. The van der Waals surface area contributed by atoms with Crippen molar-refractivity contribution in [3.8, 4) is 0 Å². The fourth-order valence-corrected chi connectivity index (χ4v) is 2.62. The number of nitrogens with zero attached hydrogens (tertiary/aromatic N) is 1. The summed E-state index contributed by atoms with van der Waals surface area (Å²) in [7, 11) is 4.55. The zero-order valence-corrected chi connectivity index (χ0v) is 16.9. The van der Waals surface area contributed by atoms with E-state index in [0.29, 0.717) is 6.61 Å². The molecular weight excluding hydrogens is 342 g/mol. The highest BCUT2D eigenvalue weighted by Gasteiger charge is 2.13. The van der Waals surface area contributed by atoms with Crippen LogP contribution in [0, 0.1) is 0 Å². The number of hydrogen-bond acceptors (Lipinski definition) is 2. The van der Waals surface area contributed by atoms with Crippen molar-refractivity contribution in [2.45, 2.75) is 71.1 Å². The summed E-state index contributed by atoms with van der Waals surface area (Å²) in [6.07, 6.45) is 14.0. The highest BCUT2D eigenvalue weighted by atomic mass is 79.9. The van der Waals surface area contributed by atoms with Gasteiger partial charge >= 0.3 is 0 Å². The molecule has 4 heteroatoms. The van der Waals surface area contributed by atoms with Gasteiger partial charge in [-0.15, -0.1) is 0 Å². The van der Waals surface area contributed by atoms with Crippen LogP contribution in [0.4, 0.5) is 0 Å². The molecule has 0 atom stereocenters. The van der Waals surface area contributed by atoms with Crippen LogP contribution in [-0.4, -0.2) is 56.6 Å². The third-order valence-electron chi connectivity index (χ3n) is 4.19. The lowest BCUT2D eigenvalue weighted by atomic mass is 10.1. The molecule has 0 aromatic heterocycles. The van der Waals surface area contributed by atoms with Gasteiger partial charge in [0, 0.05) is 0 Å². The Labute approximate surface area is 149 Å². The molecule has 0 spiro atoms. The summed E-state index contributed by atoms with van der Waals surface area (Å²) in [6.45, 7) is 5.91. The molecule has 0 aliphatic rings. The minimum atomic E-state index is 0. The lowest BCUT2D eigenvalue weighted by Crippen LogP contribution is -3.00. The maximum atomic E-state index is 8.67. The van der Waals surface area contributed by atoms with Crippen LogP contribution >= 0.6 is 0 Å². The summed E-state index contributed by atoms with van der Waals surface area (Å²) in [5, 5.41) is 8.67. The minimum Gasteiger partial charge on any atom is -1.00 e. The van der Waals surface area contributed by atoms with E-state index in [2.05, 4.69) is 21.0 Å². The molecule has 0 saturated heterocycles. The first kappa shape index (κ1) is 24.6. The molecule has 3 nitrogen and oxygen atoms in total. The van der Waals surface area contributed by atoms with Crippen LogP contribution < -0.4 is 17.0 Å². The predicted octanol–water partition coefficient (Wildman–Crippen LogP) is 0.997. The molecule has 22 heavy (non-hydrogen) atoms. The number of aliphatic hydroxyl groups excluding tert-OH is 1. The Hall–Kier alpha value is 0.360. The van der Waals surface area contributed by atoms with E-state index < -0.39 is 0 Å². The third-order valence-corrected chi connectivity index (χ3v) is 4.19. The SMILES string of the molecule is CCCCCCCCCCCC[N+](C)(C)CCOCCO.[Br-]. The highest BCUT2D eigenvalue weighted by molar-refractivity contribution is 4.47. The largest absolute Gasteiger partial charge is 1.00 e. The molecule has 0 aliphatic carbocycles. The molecule has 0 amide bonds. The van der Waals surface area contributed by atoms with Gasteiger partial charge in [0.05, 0.1) is 40.5 Å². The lowest BCUT2D eigenvalue weighted by Gasteiger charge is -2.29. The van der Waals surface area contributed by atoms with E-state index in [1.54, 1.807) is 0 Å². The van der Waals surface area contributed by atoms with E-state index in [-0.39, 0.29) is 23.6 Å². The van der Waals surface area contributed by atoms with E-state index in [9.17, 15) is 0 Å². The van der Waals surface area contributed by atoms with E-state index in [1.165, 1.54) is 70.8 Å². The normalized spacial score (nSPS) is 11.5. The number of unbranched alkanes of at least 4 members (excludes halogenated alkanes) is 9. The second-order valence-electron chi connectivity index (χ2n) is 6.90. The topological polar surface area (TPSA) is 29.5 Å². The second-order valence-corrected chi connectivity index (χ2v) is 6.90. The molecule has 0 aliphatic heterocycles. The van der Waals surface area contributed by atoms with E-state index in [1.807, 2.05) is 0 Å². The fraction of sp³-hybridized carbons (Fsp3) is 1.00. The number of ether oxygens (including phenoxy) is 1. The predicted molar refractivity (Wildman–Crippen MR) is 91.6 cm³/mol. The first-order valence-electron chi connectivity index (χ1n) is 9.13. The molecule has 136 valence electrons. The lowest BCUT2D eigenvalue weighted by molar-refractivity contribution is -0.891. The van der Waals surface area contributed by atoms with Crippen LogP contribution in [0.3, 0.4) is 0 Å². The minimum absolute atomic E-state index is 0. The quantitative estimate of drug-likeness (QED) is 0.319. The Balaban J connectivity index is 0. The summed E-state index contributed by atoms with van der Waals surface area (Å²) in [5.41, 5.74) is 0. The summed E-state index contributed by atoms with van der Waals surface area (Å²) in [5.74, 6) is 0. The van der Waals surface area contributed by atoms with Crippen molar-refractivity contribution in [3.63, 3.8) is 0 Å². The molecule has 1 N–H and O–H groups in total.